The summed E-state index contributed by atoms with van der Waals surface area (Å²) in [6, 6.07) is 3.02. The highest BCUT2D eigenvalue weighted by atomic mass is 35.5. The van der Waals surface area contributed by atoms with E-state index in [4.69, 9.17) is 28.2 Å². The van der Waals surface area contributed by atoms with Gasteiger partial charge in [0.15, 0.2) is 0 Å². The number of nitrogens with two attached hydrogens (primary N) is 2. The second kappa shape index (κ2) is 4.70. The maximum Gasteiger partial charge on any atom is 0.141 e. The Balaban J connectivity index is 2.91. The van der Waals surface area contributed by atoms with E-state index >= 15 is 0 Å². The summed E-state index contributed by atoms with van der Waals surface area (Å²) < 4.78 is 12.8. The first-order chi connectivity index (χ1) is 6.56. The van der Waals surface area contributed by atoms with Crippen molar-refractivity contribution in [2.24, 2.45) is 11.5 Å². The average molecular weight is 219 g/mol. The van der Waals surface area contributed by atoms with Crippen molar-refractivity contribution in [3.63, 3.8) is 0 Å². The summed E-state index contributed by atoms with van der Waals surface area (Å²) in [5, 5.41) is 8.78. The molecule has 0 saturated heterocycles. The number of rotatable bonds is 3. The number of hydrogen-bond donors (Lipinski definition) is 3. The van der Waals surface area contributed by atoms with Gasteiger partial charge in [-0.25, -0.2) is 4.39 Å². The Morgan fingerprint density at radius 2 is 2.07 bits per heavy atom. The van der Waals surface area contributed by atoms with E-state index in [0.717, 1.165) is 0 Å². The third-order valence-electron chi connectivity index (χ3n) is 2.00. The van der Waals surface area contributed by atoms with Gasteiger partial charge in [0, 0.05) is 12.1 Å². The van der Waals surface area contributed by atoms with Gasteiger partial charge in [0.2, 0.25) is 0 Å². The van der Waals surface area contributed by atoms with Crippen molar-refractivity contribution in [1.29, 1.82) is 0 Å². The van der Waals surface area contributed by atoms with Crippen molar-refractivity contribution in [3.05, 3.63) is 34.6 Å². The van der Waals surface area contributed by atoms with Crippen molar-refractivity contribution >= 4 is 11.6 Å². The zero-order valence-corrected chi connectivity index (χ0v) is 8.21. The molecule has 2 atom stereocenters. The summed E-state index contributed by atoms with van der Waals surface area (Å²) in [7, 11) is 0. The molecule has 1 aromatic carbocycles. The lowest BCUT2D eigenvalue weighted by Crippen LogP contribution is -2.37. The van der Waals surface area contributed by atoms with Crippen LogP contribution in [0.15, 0.2) is 18.2 Å². The number of aliphatic hydroxyl groups excluding tert-OH is 1. The average Bonchev–Trinajstić information content (AvgIpc) is 2.20. The normalized spacial score (nSPS) is 15.2. The largest absolute Gasteiger partial charge is 0.395 e. The Bertz CT molecular complexity index is 322. The monoisotopic (exact) mass is 218 g/mol. The predicted molar refractivity (Wildman–Crippen MR) is 53.4 cm³/mol. The number of hydrogen-bond acceptors (Lipinski definition) is 3. The van der Waals surface area contributed by atoms with Crippen molar-refractivity contribution in [2.75, 3.05) is 6.61 Å². The van der Waals surface area contributed by atoms with Crippen molar-refractivity contribution in [3.8, 4) is 0 Å². The van der Waals surface area contributed by atoms with E-state index in [0.29, 0.717) is 5.56 Å². The summed E-state index contributed by atoms with van der Waals surface area (Å²) in [5.41, 5.74) is 11.8. The molecule has 5 N–H and O–H groups in total. The van der Waals surface area contributed by atoms with Crippen molar-refractivity contribution in [2.45, 2.75) is 12.1 Å². The Morgan fingerprint density at radius 3 is 2.57 bits per heavy atom. The Morgan fingerprint density at radius 1 is 1.43 bits per heavy atom. The second-order valence-corrected chi connectivity index (χ2v) is 3.45. The molecule has 0 fully saturated rings. The van der Waals surface area contributed by atoms with Crippen molar-refractivity contribution in [1.82, 2.24) is 0 Å². The summed E-state index contributed by atoms with van der Waals surface area (Å²) >= 11 is 5.57. The fraction of sp³-hybridized carbons (Fsp3) is 0.333. The molecule has 0 saturated carbocycles. The first-order valence-electron chi connectivity index (χ1n) is 4.13. The predicted octanol–water partition coefficient (Wildman–Crippen LogP) is 0.799. The highest BCUT2D eigenvalue weighted by Crippen LogP contribution is 2.20. The third-order valence-corrected chi connectivity index (χ3v) is 2.29. The van der Waals surface area contributed by atoms with Crippen LogP contribution in [0.5, 0.6) is 0 Å². The number of benzene rings is 1. The van der Waals surface area contributed by atoms with Gasteiger partial charge in [0.1, 0.15) is 5.82 Å². The standard InChI is InChI=1S/C9H12ClFN2O/c10-6-3-5(1-2-7(6)11)9(13)8(12)4-14/h1-3,8-9,14H,4,12-13H2. The Labute approximate surface area is 86.5 Å². The minimum Gasteiger partial charge on any atom is -0.395 e. The molecular formula is C9H12ClFN2O. The van der Waals surface area contributed by atoms with Gasteiger partial charge in [-0.15, -0.1) is 0 Å². The van der Waals surface area contributed by atoms with Crippen molar-refractivity contribution < 1.29 is 9.50 Å². The molecule has 2 unspecified atom stereocenters. The van der Waals surface area contributed by atoms with Gasteiger partial charge in [-0.3, -0.25) is 0 Å². The fourth-order valence-electron chi connectivity index (χ4n) is 1.08. The zero-order chi connectivity index (χ0) is 10.7. The third kappa shape index (κ3) is 2.42. The van der Waals surface area contributed by atoms with Crippen LogP contribution in [0.2, 0.25) is 5.02 Å². The van der Waals surface area contributed by atoms with Gasteiger partial charge in [-0.2, -0.15) is 0 Å². The smallest absolute Gasteiger partial charge is 0.141 e. The molecular weight excluding hydrogens is 207 g/mol. The van der Waals surface area contributed by atoms with Crippen LogP contribution in [-0.2, 0) is 0 Å². The van der Waals surface area contributed by atoms with Gasteiger partial charge < -0.3 is 16.6 Å². The lowest BCUT2D eigenvalue weighted by molar-refractivity contribution is 0.250. The molecule has 0 aliphatic heterocycles. The van der Waals surface area contributed by atoms with Crippen LogP contribution >= 0.6 is 11.6 Å². The SMILES string of the molecule is NC(CO)C(N)c1ccc(F)c(Cl)c1. The van der Waals surface area contributed by atoms with E-state index in [1.807, 2.05) is 0 Å². The molecule has 0 spiro atoms. The molecule has 1 aromatic rings. The molecule has 3 nitrogen and oxygen atoms in total. The van der Waals surface area contributed by atoms with Gasteiger partial charge in [-0.05, 0) is 17.7 Å². The molecule has 0 radical (unpaired) electrons. The van der Waals surface area contributed by atoms with Crippen LogP contribution in [0.1, 0.15) is 11.6 Å². The maximum atomic E-state index is 12.8. The number of aliphatic hydroxyl groups is 1. The first-order valence-corrected chi connectivity index (χ1v) is 4.51. The van der Waals surface area contributed by atoms with E-state index in [2.05, 4.69) is 0 Å². The van der Waals surface area contributed by atoms with Crippen LogP contribution < -0.4 is 11.5 Å². The quantitative estimate of drug-likeness (QED) is 0.703. The van der Waals surface area contributed by atoms with Crippen LogP contribution in [-0.4, -0.2) is 17.8 Å². The molecule has 78 valence electrons. The highest BCUT2D eigenvalue weighted by Gasteiger charge is 2.15. The van der Waals surface area contributed by atoms with E-state index in [-0.39, 0.29) is 11.6 Å². The summed E-state index contributed by atoms with van der Waals surface area (Å²) in [4.78, 5) is 0. The second-order valence-electron chi connectivity index (χ2n) is 3.05. The Hall–Kier alpha value is -0.680. The van der Waals surface area contributed by atoms with E-state index in [1.165, 1.54) is 18.2 Å². The number of halogens is 2. The molecule has 14 heavy (non-hydrogen) atoms. The lowest BCUT2D eigenvalue weighted by atomic mass is 10.0. The molecule has 1 rings (SSSR count). The minimum atomic E-state index is -0.573. The molecule has 0 heterocycles. The zero-order valence-electron chi connectivity index (χ0n) is 7.45. The highest BCUT2D eigenvalue weighted by molar-refractivity contribution is 6.30. The van der Waals surface area contributed by atoms with Crippen LogP contribution in [0.4, 0.5) is 4.39 Å². The molecule has 0 aromatic heterocycles. The summed E-state index contributed by atoms with van der Waals surface area (Å²) in [6.45, 7) is -0.226. The van der Waals surface area contributed by atoms with Gasteiger partial charge >= 0.3 is 0 Å². The molecule has 5 heteroatoms. The summed E-state index contributed by atoms with van der Waals surface area (Å²) in [5.74, 6) is -0.500. The van der Waals surface area contributed by atoms with E-state index < -0.39 is 17.9 Å². The fourth-order valence-corrected chi connectivity index (χ4v) is 1.27. The summed E-state index contributed by atoms with van der Waals surface area (Å²) in [6.07, 6.45) is 0. The maximum absolute atomic E-state index is 12.8. The topological polar surface area (TPSA) is 72.3 Å². The van der Waals surface area contributed by atoms with Gasteiger partial charge in [0.05, 0.1) is 11.6 Å². The molecule has 0 amide bonds. The van der Waals surface area contributed by atoms with Gasteiger partial charge in [-0.1, -0.05) is 17.7 Å². The molecule has 0 bridgehead atoms. The minimum absolute atomic E-state index is 0.00286. The molecule has 0 aliphatic rings. The van der Waals surface area contributed by atoms with Crippen LogP contribution in [0, 0.1) is 5.82 Å². The molecule has 0 aliphatic carbocycles. The van der Waals surface area contributed by atoms with Gasteiger partial charge in [0.25, 0.3) is 0 Å². The first kappa shape index (κ1) is 11.4. The van der Waals surface area contributed by atoms with E-state index in [1.54, 1.807) is 0 Å². The lowest BCUT2D eigenvalue weighted by Gasteiger charge is -2.18. The van der Waals surface area contributed by atoms with Crippen LogP contribution in [0.25, 0.3) is 0 Å². The Kier molecular flexibility index (Phi) is 3.83. The van der Waals surface area contributed by atoms with E-state index in [9.17, 15) is 4.39 Å². The van der Waals surface area contributed by atoms with Crippen LogP contribution in [0.3, 0.4) is 0 Å².